The van der Waals surface area contributed by atoms with Crippen LogP contribution in [0.5, 0.6) is 0 Å². The standard InChI is InChI=1S/C22H16N4S/c1-3-8-16(9-4-1)14-27-22-20-19(24-15-25-20)18-12-7-13-23-21(18)26(22)17-10-5-2-6-11-17/h1-13,15H,14H2. The first-order valence-electron chi connectivity index (χ1n) is 8.74. The van der Waals surface area contributed by atoms with Crippen molar-refractivity contribution in [2.24, 2.45) is 0 Å². The molecule has 0 atom stereocenters. The minimum absolute atomic E-state index is 0.855. The van der Waals surface area contributed by atoms with Crippen molar-refractivity contribution in [1.82, 2.24) is 19.5 Å². The fourth-order valence-electron chi connectivity index (χ4n) is 3.26. The van der Waals surface area contributed by atoms with Crippen molar-refractivity contribution in [3.8, 4) is 17.1 Å². The van der Waals surface area contributed by atoms with Gasteiger partial charge in [-0.1, -0.05) is 48.5 Å². The van der Waals surface area contributed by atoms with E-state index >= 15 is 0 Å². The summed E-state index contributed by atoms with van der Waals surface area (Å²) >= 11 is 1.76. The van der Waals surface area contributed by atoms with E-state index in [9.17, 15) is 0 Å². The fraction of sp³-hybridized carbons (Fsp3) is 0.0455. The number of aromatic nitrogens is 4. The number of imidazole rings is 1. The average Bonchev–Trinajstić information content (AvgIpc) is 3.23. The number of pyridine rings is 2. The second-order valence-electron chi connectivity index (χ2n) is 6.20. The summed E-state index contributed by atoms with van der Waals surface area (Å²) in [5, 5.41) is 2.07. The van der Waals surface area contributed by atoms with Crippen LogP contribution in [-0.4, -0.2) is 19.5 Å². The first-order chi connectivity index (χ1) is 13.4. The highest BCUT2D eigenvalue weighted by Crippen LogP contribution is 2.39. The molecule has 0 saturated carbocycles. The quantitative estimate of drug-likeness (QED) is 0.408. The molecule has 0 N–H and O–H groups in total. The molecule has 3 heterocycles. The van der Waals surface area contributed by atoms with Crippen LogP contribution in [0.1, 0.15) is 5.56 Å². The van der Waals surface area contributed by atoms with E-state index in [1.807, 2.05) is 36.5 Å². The minimum atomic E-state index is 0.855. The van der Waals surface area contributed by atoms with Crippen LogP contribution >= 0.6 is 11.8 Å². The number of thioether (sulfide) groups is 1. The first-order valence-corrected chi connectivity index (χ1v) is 9.72. The van der Waals surface area contributed by atoms with E-state index in [0.29, 0.717) is 0 Å². The van der Waals surface area contributed by atoms with Crippen molar-refractivity contribution in [3.05, 3.63) is 90.9 Å². The molecule has 0 bridgehead atoms. The van der Waals surface area contributed by atoms with Crippen molar-refractivity contribution in [2.75, 3.05) is 0 Å². The zero-order valence-electron chi connectivity index (χ0n) is 14.5. The second-order valence-corrected chi connectivity index (χ2v) is 7.16. The van der Waals surface area contributed by atoms with Gasteiger partial charge in [0, 0.05) is 23.0 Å². The van der Waals surface area contributed by atoms with Crippen molar-refractivity contribution >= 4 is 22.8 Å². The van der Waals surface area contributed by atoms with Gasteiger partial charge in [-0.15, -0.1) is 11.8 Å². The summed E-state index contributed by atoms with van der Waals surface area (Å²) in [4.78, 5) is 13.8. The van der Waals surface area contributed by atoms with Crippen LogP contribution in [0.2, 0.25) is 0 Å². The smallest absolute Gasteiger partial charge is 0.147 e. The molecule has 5 heteroatoms. The molecule has 130 valence electrons. The van der Waals surface area contributed by atoms with Gasteiger partial charge in [0.2, 0.25) is 0 Å². The highest BCUT2D eigenvalue weighted by Gasteiger charge is 2.22. The predicted molar refractivity (Wildman–Crippen MR) is 109 cm³/mol. The van der Waals surface area contributed by atoms with Crippen molar-refractivity contribution in [2.45, 2.75) is 10.8 Å². The first kappa shape index (κ1) is 16.0. The van der Waals surface area contributed by atoms with Crippen LogP contribution in [0.25, 0.3) is 28.1 Å². The summed E-state index contributed by atoms with van der Waals surface area (Å²) in [6.45, 7) is 0. The number of hydrogen-bond donors (Lipinski definition) is 0. The number of rotatable bonds is 4. The molecule has 2 aliphatic rings. The summed E-state index contributed by atoms with van der Waals surface area (Å²) in [5.74, 6) is 0.855. The third kappa shape index (κ3) is 2.86. The maximum Gasteiger partial charge on any atom is 0.147 e. The Morgan fingerprint density at radius 1 is 0.741 bits per heavy atom. The normalized spacial score (nSPS) is 11.3. The van der Waals surface area contributed by atoms with Crippen molar-refractivity contribution < 1.29 is 0 Å². The van der Waals surface area contributed by atoms with Gasteiger partial charge in [-0.3, -0.25) is 4.57 Å². The molecule has 2 aromatic carbocycles. The Morgan fingerprint density at radius 3 is 2.30 bits per heavy atom. The summed E-state index contributed by atoms with van der Waals surface area (Å²) < 4.78 is 2.19. The molecule has 2 aliphatic heterocycles. The number of nitrogens with zero attached hydrogens (tertiary/aromatic N) is 4. The van der Waals surface area contributed by atoms with Gasteiger partial charge in [0.15, 0.2) is 0 Å². The molecule has 5 rings (SSSR count). The van der Waals surface area contributed by atoms with Gasteiger partial charge in [0.1, 0.15) is 28.4 Å². The lowest BCUT2D eigenvalue weighted by Gasteiger charge is -2.19. The topological polar surface area (TPSA) is 43.6 Å². The van der Waals surface area contributed by atoms with Crippen molar-refractivity contribution in [3.63, 3.8) is 0 Å². The maximum absolute atomic E-state index is 4.68. The Labute approximate surface area is 161 Å². The van der Waals surface area contributed by atoms with Crippen LogP contribution in [0, 0.1) is 0 Å². The number of benzene rings is 2. The van der Waals surface area contributed by atoms with Gasteiger partial charge < -0.3 is 0 Å². The number of hydrogen-bond acceptors (Lipinski definition) is 4. The Hall–Kier alpha value is -3.18. The van der Waals surface area contributed by atoms with Gasteiger partial charge in [0.25, 0.3) is 0 Å². The molecule has 0 fully saturated rings. The van der Waals surface area contributed by atoms with E-state index in [1.54, 1.807) is 18.1 Å². The molecule has 1 aromatic heterocycles. The summed E-state index contributed by atoms with van der Waals surface area (Å²) in [7, 11) is 0. The van der Waals surface area contributed by atoms with Gasteiger partial charge in [-0.25, -0.2) is 15.0 Å². The molecule has 0 amide bonds. The lowest BCUT2D eigenvalue weighted by molar-refractivity contribution is 0.935. The molecule has 3 aromatic rings. The van der Waals surface area contributed by atoms with E-state index < -0.39 is 0 Å². The lowest BCUT2D eigenvalue weighted by Crippen LogP contribution is -2.06. The molecule has 0 saturated heterocycles. The molecule has 0 unspecified atom stereocenters. The van der Waals surface area contributed by atoms with E-state index in [4.69, 9.17) is 0 Å². The maximum atomic E-state index is 4.68. The van der Waals surface area contributed by atoms with E-state index in [0.717, 1.165) is 38.9 Å². The molecular weight excluding hydrogens is 352 g/mol. The van der Waals surface area contributed by atoms with Gasteiger partial charge >= 0.3 is 0 Å². The monoisotopic (exact) mass is 368 g/mol. The minimum Gasteiger partial charge on any atom is -0.287 e. The largest absolute Gasteiger partial charge is 0.287 e. The van der Waals surface area contributed by atoms with Gasteiger partial charge in [0.05, 0.1) is 0 Å². The van der Waals surface area contributed by atoms with E-state index in [1.165, 1.54) is 5.56 Å². The van der Waals surface area contributed by atoms with Crippen LogP contribution in [0.4, 0.5) is 0 Å². The molecule has 27 heavy (non-hydrogen) atoms. The number of fused-ring (bicyclic) bond motifs is 3. The van der Waals surface area contributed by atoms with Crippen LogP contribution in [0.15, 0.2) is 90.3 Å². The van der Waals surface area contributed by atoms with Crippen LogP contribution in [0.3, 0.4) is 0 Å². The zero-order valence-corrected chi connectivity index (χ0v) is 15.3. The third-order valence-corrected chi connectivity index (χ3v) is 5.62. The Bertz CT molecular complexity index is 1170. The third-order valence-electron chi connectivity index (χ3n) is 4.49. The molecule has 0 aliphatic carbocycles. The summed E-state index contributed by atoms with van der Waals surface area (Å²) in [6.07, 6.45) is 3.47. The Morgan fingerprint density at radius 2 is 1.48 bits per heavy atom. The average molecular weight is 368 g/mol. The summed E-state index contributed by atoms with van der Waals surface area (Å²) in [6, 6.07) is 24.8. The Kier molecular flexibility index (Phi) is 4.07. The van der Waals surface area contributed by atoms with Crippen LogP contribution in [-0.2, 0) is 5.75 Å². The highest BCUT2D eigenvalue weighted by molar-refractivity contribution is 7.98. The molecule has 0 radical (unpaired) electrons. The van der Waals surface area contributed by atoms with Gasteiger partial charge in [-0.2, -0.15) is 0 Å². The predicted octanol–water partition coefficient (Wildman–Crippen LogP) is 5.21. The highest BCUT2D eigenvalue weighted by atomic mass is 32.2. The number of para-hydroxylation sites is 1. The Balaban J connectivity index is 1.75. The molecule has 0 spiro atoms. The lowest BCUT2D eigenvalue weighted by atomic mass is 10.1. The SMILES string of the molecule is c1ccc(CSc2c3ncnc-3c3cccnc3n2-c2ccccc2)cc1. The second kappa shape index (κ2) is 6.85. The fourth-order valence-corrected chi connectivity index (χ4v) is 4.36. The van der Waals surface area contributed by atoms with Gasteiger partial charge in [-0.05, 0) is 29.8 Å². The summed E-state index contributed by atoms with van der Waals surface area (Å²) in [5.41, 5.74) is 5.06. The van der Waals surface area contributed by atoms with Crippen molar-refractivity contribution in [1.29, 1.82) is 0 Å². The van der Waals surface area contributed by atoms with Crippen LogP contribution < -0.4 is 0 Å². The van der Waals surface area contributed by atoms with E-state index in [-0.39, 0.29) is 0 Å². The van der Waals surface area contributed by atoms with E-state index in [2.05, 4.69) is 62.0 Å². The zero-order chi connectivity index (χ0) is 18.1. The molecule has 4 nitrogen and oxygen atoms in total. The molecular formula is C22H16N4S.